The second kappa shape index (κ2) is 10.1. The van der Waals surface area contributed by atoms with Crippen LogP contribution in [0.4, 0.5) is 26.3 Å². The number of nitrogens with zero attached hydrogens (tertiary/aromatic N) is 2. The smallest absolute Gasteiger partial charge is 0.378 e. The molecule has 2 aliphatic rings. The molecule has 2 aromatic rings. The van der Waals surface area contributed by atoms with E-state index in [1.165, 1.54) is 10.6 Å². The lowest BCUT2D eigenvalue weighted by Gasteiger charge is -2.48. The van der Waals surface area contributed by atoms with Gasteiger partial charge in [-0.1, -0.05) is 49.4 Å². The SMILES string of the molecule is CCc1cc(CN2CC3COCC(C2)N3S(C)(=O)=O)ccc1-c1ccc(C(O)(C(F)(F)F)C(F)(F)F)cc1. The van der Waals surface area contributed by atoms with Crippen molar-refractivity contribution in [2.45, 2.75) is 49.9 Å². The van der Waals surface area contributed by atoms with Gasteiger partial charge in [0.15, 0.2) is 0 Å². The minimum absolute atomic E-state index is 0.284. The molecule has 1 N–H and O–H groups in total. The molecule has 2 heterocycles. The molecule has 2 saturated heterocycles. The molecule has 2 aliphatic heterocycles. The van der Waals surface area contributed by atoms with E-state index in [1.807, 2.05) is 19.1 Å². The van der Waals surface area contributed by atoms with Gasteiger partial charge < -0.3 is 9.84 Å². The predicted octanol–water partition coefficient (Wildman–Crippen LogP) is 4.07. The van der Waals surface area contributed by atoms with E-state index in [9.17, 15) is 39.9 Å². The Kier molecular flexibility index (Phi) is 7.65. The highest BCUT2D eigenvalue weighted by Gasteiger charge is 2.71. The number of halogens is 6. The van der Waals surface area contributed by atoms with E-state index >= 15 is 0 Å². The second-order valence-corrected chi connectivity index (χ2v) is 11.6. The van der Waals surface area contributed by atoms with Crippen molar-refractivity contribution in [2.24, 2.45) is 0 Å². The first kappa shape index (κ1) is 28.8. The lowest BCUT2D eigenvalue weighted by molar-refractivity contribution is -0.376. The van der Waals surface area contributed by atoms with Gasteiger partial charge in [0.2, 0.25) is 10.0 Å². The molecule has 4 rings (SSSR count). The summed E-state index contributed by atoms with van der Waals surface area (Å²) in [5, 5.41) is 9.63. The summed E-state index contributed by atoms with van der Waals surface area (Å²) in [5.74, 6) is 0. The minimum Gasteiger partial charge on any atom is -0.378 e. The summed E-state index contributed by atoms with van der Waals surface area (Å²) in [6, 6.07) is 8.52. The van der Waals surface area contributed by atoms with Gasteiger partial charge >= 0.3 is 12.4 Å². The maximum atomic E-state index is 13.2. The molecule has 0 saturated carbocycles. The largest absolute Gasteiger partial charge is 0.430 e. The first-order valence-corrected chi connectivity index (χ1v) is 13.8. The van der Waals surface area contributed by atoms with Gasteiger partial charge in [0, 0.05) is 25.2 Å². The molecular formula is C25H28F6N2O4S. The number of aryl methyl sites for hydroxylation is 1. The van der Waals surface area contributed by atoms with Crippen LogP contribution in [0.1, 0.15) is 23.6 Å². The van der Waals surface area contributed by atoms with Gasteiger partial charge in [-0.15, -0.1) is 0 Å². The number of rotatable bonds is 6. The van der Waals surface area contributed by atoms with Gasteiger partial charge in [0.1, 0.15) is 0 Å². The summed E-state index contributed by atoms with van der Waals surface area (Å²) in [5.41, 5.74) is -3.43. The number of fused-ring (bicyclic) bond motifs is 2. The Hall–Kier alpha value is -2.19. The maximum absolute atomic E-state index is 13.2. The molecule has 2 bridgehead atoms. The first-order valence-electron chi connectivity index (χ1n) is 11.9. The molecule has 2 fully saturated rings. The minimum atomic E-state index is -5.94. The van der Waals surface area contributed by atoms with Crippen LogP contribution < -0.4 is 0 Å². The van der Waals surface area contributed by atoms with Gasteiger partial charge in [0.05, 0.1) is 31.6 Å². The lowest BCUT2D eigenvalue weighted by Crippen LogP contribution is -2.65. The van der Waals surface area contributed by atoms with Crippen LogP contribution in [0.25, 0.3) is 11.1 Å². The van der Waals surface area contributed by atoms with Gasteiger partial charge in [-0.05, 0) is 28.7 Å². The van der Waals surface area contributed by atoms with Crippen molar-refractivity contribution in [1.82, 2.24) is 9.21 Å². The van der Waals surface area contributed by atoms with Crippen LogP contribution >= 0.6 is 0 Å². The number of alkyl halides is 6. The molecule has 0 aromatic heterocycles. The van der Waals surface area contributed by atoms with Crippen molar-refractivity contribution < 1.29 is 44.6 Å². The van der Waals surface area contributed by atoms with E-state index in [4.69, 9.17) is 4.74 Å². The van der Waals surface area contributed by atoms with E-state index < -0.39 is 33.5 Å². The number of hydrogen-bond acceptors (Lipinski definition) is 5. The fourth-order valence-electron chi connectivity index (χ4n) is 5.35. The summed E-state index contributed by atoms with van der Waals surface area (Å²) < 4.78 is 111. The first-order chi connectivity index (χ1) is 17.6. The zero-order chi connectivity index (χ0) is 28.1. The lowest BCUT2D eigenvalue weighted by atomic mass is 9.89. The van der Waals surface area contributed by atoms with Gasteiger partial charge in [-0.25, -0.2) is 8.42 Å². The number of piperazine rings is 1. The number of benzene rings is 2. The summed E-state index contributed by atoms with van der Waals surface area (Å²) in [7, 11) is -3.37. The fourth-order valence-corrected chi connectivity index (χ4v) is 6.69. The van der Waals surface area contributed by atoms with Crippen molar-refractivity contribution in [2.75, 3.05) is 32.6 Å². The maximum Gasteiger partial charge on any atom is 0.430 e. The highest BCUT2D eigenvalue weighted by molar-refractivity contribution is 7.88. The monoisotopic (exact) mass is 566 g/mol. The molecule has 210 valence electrons. The molecular weight excluding hydrogens is 538 g/mol. The third kappa shape index (κ3) is 5.31. The van der Waals surface area contributed by atoms with Crippen LogP contribution in [0.2, 0.25) is 0 Å². The molecule has 2 atom stereocenters. The molecule has 0 aliphatic carbocycles. The van der Waals surface area contributed by atoms with E-state index in [1.54, 1.807) is 6.07 Å². The Morgan fingerprint density at radius 2 is 1.50 bits per heavy atom. The second-order valence-electron chi connectivity index (χ2n) is 9.76. The molecule has 0 spiro atoms. The molecule has 38 heavy (non-hydrogen) atoms. The quantitative estimate of drug-likeness (QED) is 0.534. The van der Waals surface area contributed by atoms with Crippen LogP contribution in [0, 0.1) is 0 Å². The molecule has 13 heteroatoms. The third-order valence-corrected chi connectivity index (χ3v) is 8.41. The third-order valence-electron chi connectivity index (χ3n) is 7.05. The van der Waals surface area contributed by atoms with Gasteiger partial charge in [0.25, 0.3) is 5.60 Å². The average Bonchev–Trinajstić information content (AvgIpc) is 2.81. The summed E-state index contributed by atoms with van der Waals surface area (Å²) >= 11 is 0. The Bertz CT molecular complexity index is 1240. The summed E-state index contributed by atoms with van der Waals surface area (Å²) in [6.45, 7) is 4.04. The number of aliphatic hydroxyl groups is 1. The highest BCUT2D eigenvalue weighted by atomic mass is 32.2. The number of sulfonamides is 1. The molecule has 0 amide bonds. The van der Waals surface area contributed by atoms with Crippen LogP contribution in [0.3, 0.4) is 0 Å². The number of morpholine rings is 1. The Labute approximate surface area is 216 Å². The topological polar surface area (TPSA) is 70.1 Å². The zero-order valence-electron chi connectivity index (χ0n) is 20.7. The summed E-state index contributed by atoms with van der Waals surface area (Å²) in [4.78, 5) is 2.15. The molecule has 2 aromatic carbocycles. The van der Waals surface area contributed by atoms with E-state index in [-0.39, 0.29) is 12.1 Å². The standard InChI is InChI=1S/C25H28F6N2O4S/c1-3-17-10-16(11-32-12-20-14-37-15-21(13-32)33(20)38(2,35)36)4-9-22(17)18-5-7-19(8-6-18)23(34,24(26,27)28)25(29,30)31/h4-10,20-21,34H,3,11-15H2,1-2H3. The van der Waals surface area contributed by atoms with Crippen LogP contribution in [-0.4, -0.2) is 79.7 Å². The van der Waals surface area contributed by atoms with Crippen LogP contribution in [0.5, 0.6) is 0 Å². The van der Waals surface area contributed by atoms with E-state index in [2.05, 4.69) is 4.90 Å². The number of hydrogen-bond donors (Lipinski definition) is 1. The van der Waals surface area contributed by atoms with Crippen molar-refractivity contribution in [3.05, 3.63) is 59.2 Å². The summed E-state index contributed by atoms with van der Waals surface area (Å²) in [6.07, 6.45) is -10.1. The van der Waals surface area contributed by atoms with Crippen molar-refractivity contribution >= 4 is 10.0 Å². The Balaban J connectivity index is 1.55. The zero-order valence-corrected chi connectivity index (χ0v) is 21.5. The predicted molar refractivity (Wildman–Crippen MR) is 128 cm³/mol. The number of ether oxygens (including phenoxy) is 1. The van der Waals surface area contributed by atoms with Crippen LogP contribution in [0.15, 0.2) is 42.5 Å². The van der Waals surface area contributed by atoms with Crippen LogP contribution in [-0.2, 0) is 33.3 Å². The van der Waals surface area contributed by atoms with E-state index in [0.717, 1.165) is 23.3 Å². The van der Waals surface area contributed by atoms with Gasteiger partial charge in [-0.2, -0.15) is 30.6 Å². The van der Waals surface area contributed by atoms with E-state index in [0.29, 0.717) is 62.5 Å². The van der Waals surface area contributed by atoms with Crippen molar-refractivity contribution in [3.8, 4) is 11.1 Å². The van der Waals surface area contributed by atoms with Gasteiger partial charge in [-0.3, -0.25) is 4.90 Å². The molecule has 0 radical (unpaired) electrons. The normalized spacial score (nSPS) is 22.0. The highest BCUT2D eigenvalue weighted by Crippen LogP contribution is 2.50. The average molecular weight is 567 g/mol. The van der Waals surface area contributed by atoms with Crippen molar-refractivity contribution in [1.29, 1.82) is 0 Å². The fraction of sp³-hybridized carbons (Fsp3) is 0.520. The molecule has 2 unspecified atom stereocenters. The van der Waals surface area contributed by atoms with Crippen molar-refractivity contribution in [3.63, 3.8) is 0 Å². The Morgan fingerprint density at radius 1 is 0.947 bits per heavy atom. The Morgan fingerprint density at radius 3 is 1.97 bits per heavy atom. The molecule has 6 nitrogen and oxygen atoms in total.